The molecule has 148 valence electrons. The molecule has 1 spiro atoms. The number of carbonyl (C=O) groups excluding carboxylic acids is 1. The number of carbonyl (C=O) groups is 1. The van der Waals surface area contributed by atoms with E-state index in [9.17, 15) is 20.1 Å². The van der Waals surface area contributed by atoms with E-state index in [2.05, 4.69) is 0 Å². The molecule has 8 atom stereocenters. The van der Waals surface area contributed by atoms with Crippen LogP contribution in [0.25, 0.3) is 0 Å². The standard InChI is InChI=1S/C20H26O7/c1-11-6-15-20(9-21)16(13(22)2-4-18(20,24)10-26-15)19(11)7-14(27-17(19)23)12-3-5-25-8-12/h3,5,8,11,13-16,21-22,24H,2,4,6-7,9-10H2,1H3. The maximum absolute atomic E-state index is 13.3. The third-order valence-corrected chi connectivity index (χ3v) is 8.09. The van der Waals surface area contributed by atoms with E-state index in [1.54, 1.807) is 18.6 Å². The molecule has 4 aliphatic rings. The number of hydrogen-bond acceptors (Lipinski definition) is 7. The van der Waals surface area contributed by atoms with Crippen LogP contribution in [-0.2, 0) is 14.3 Å². The van der Waals surface area contributed by atoms with Crippen LogP contribution >= 0.6 is 0 Å². The van der Waals surface area contributed by atoms with Crippen molar-refractivity contribution in [1.82, 2.24) is 0 Å². The highest BCUT2D eigenvalue weighted by molar-refractivity contribution is 5.81. The van der Waals surface area contributed by atoms with E-state index in [1.807, 2.05) is 6.92 Å². The second kappa shape index (κ2) is 5.56. The van der Waals surface area contributed by atoms with Crippen LogP contribution in [0.15, 0.2) is 23.0 Å². The highest BCUT2D eigenvalue weighted by atomic mass is 16.6. The molecule has 0 bridgehead atoms. The molecule has 7 nitrogen and oxygen atoms in total. The zero-order valence-electron chi connectivity index (χ0n) is 15.3. The first kappa shape index (κ1) is 17.7. The predicted molar refractivity (Wildman–Crippen MR) is 91.3 cm³/mol. The number of ether oxygens (including phenoxy) is 2. The van der Waals surface area contributed by atoms with E-state index in [1.165, 1.54) is 0 Å². The molecule has 0 radical (unpaired) electrons. The van der Waals surface area contributed by atoms with Crippen LogP contribution < -0.4 is 0 Å². The number of furan rings is 1. The smallest absolute Gasteiger partial charge is 0.313 e. The van der Waals surface area contributed by atoms with Gasteiger partial charge in [0.15, 0.2) is 0 Å². The van der Waals surface area contributed by atoms with Crippen molar-refractivity contribution in [3.8, 4) is 0 Å². The maximum atomic E-state index is 13.3. The van der Waals surface area contributed by atoms with Crippen LogP contribution in [0.2, 0.25) is 0 Å². The first-order valence-corrected chi connectivity index (χ1v) is 9.75. The Bertz CT molecular complexity index is 748. The lowest BCUT2D eigenvalue weighted by molar-refractivity contribution is -0.243. The van der Waals surface area contributed by atoms with E-state index in [0.29, 0.717) is 25.7 Å². The Morgan fingerprint density at radius 1 is 1.37 bits per heavy atom. The Labute approximate surface area is 157 Å². The molecule has 4 fully saturated rings. The number of rotatable bonds is 2. The molecular weight excluding hydrogens is 352 g/mol. The minimum Gasteiger partial charge on any atom is -0.472 e. The molecule has 2 aliphatic heterocycles. The molecule has 8 unspecified atom stereocenters. The molecule has 27 heavy (non-hydrogen) atoms. The van der Waals surface area contributed by atoms with Gasteiger partial charge < -0.3 is 29.2 Å². The van der Waals surface area contributed by atoms with Crippen molar-refractivity contribution in [1.29, 1.82) is 0 Å². The Kier molecular flexibility index (Phi) is 3.64. The zero-order valence-corrected chi connectivity index (χ0v) is 15.3. The molecule has 2 aliphatic carbocycles. The Balaban J connectivity index is 1.65. The van der Waals surface area contributed by atoms with Crippen molar-refractivity contribution in [3.05, 3.63) is 24.2 Å². The number of fused-ring (bicyclic) bond motifs is 1. The first-order valence-electron chi connectivity index (χ1n) is 9.75. The summed E-state index contributed by atoms with van der Waals surface area (Å²) in [5.41, 5.74) is -2.47. The summed E-state index contributed by atoms with van der Waals surface area (Å²) in [6, 6.07) is 1.78. The molecule has 5 rings (SSSR count). The SMILES string of the molecule is CC1CC2OCC3(O)CCC(O)C(C14CC(c1ccoc1)OC4=O)C23CO. The van der Waals surface area contributed by atoms with Gasteiger partial charge >= 0.3 is 5.97 Å². The van der Waals surface area contributed by atoms with E-state index >= 15 is 0 Å². The number of esters is 1. The minimum atomic E-state index is -1.24. The van der Waals surface area contributed by atoms with Gasteiger partial charge in [0.2, 0.25) is 0 Å². The van der Waals surface area contributed by atoms with Gasteiger partial charge in [-0.25, -0.2) is 0 Å². The highest BCUT2D eigenvalue weighted by Crippen LogP contribution is 2.69. The largest absolute Gasteiger partial charge is 0.472 e. The van der Waals surface area contributed by atoms with Crippen molar-refractivity contribution in [2.75, 3.05) is 13.2 Å². The van der Waals surface area contributed by atoms with Crippen molar-refractivity contribution in [3.63, 3.8) is 0 Å². The quantitative estimate of drug-likeness (QED) is 0.663. The summed E-state index contributed by atoms with van der Waals surface area (Å²) in [5, 5.41) is 32.9. The van der Waals surface area contributed by atoms with Gasteiger partial charge in [0, 0.05) is 17.9 Å². The van der Waals surface area contributed by atoms with Gasteiger partial charge in [0.05, 0.1) is 54.4 Å². The Morgan fingerprint density at radius 3 is 2.89 bits per heavy atom. The average Bonchev–Trinajstić information content (AvgIpc) is 3.34. The van der Waals surface area contributed by atoms with Crippen LogP contribution in [-0.4, -0.2) is 52.3 Å². The number of aliphatic hydroxyl groups is 3. The molecule has 3 heterocycles. The minimum absolute atomic E-state index is 0.105. The van der Waals surface area contributed by atoms with Crippen molar-refractivity contribution >= 4 is 5.97 Å². The van der Waals surface area contributed by atoms with E-state index in [-0.39, 0.29) is 31.2 Å². The topological polar surface area (TPSA) is 109 Å². The molecule has 1 aromatic heterocycles. The highest BCUT2D eigenvalue weighted by Gasteiger charge is 2.77. The second-order valence-corrected chi connectivity index (χ2v) is 8.95. The lowest BCUT2D eigenvalue weighted by Crippen LogP contribution is -2.71. The van der Waals surface area contributed by atoms with E-state index in [4.69, 9.17) is 13.9 Å². The van der Waals surface area contributed by atoms with Gasteiger partial charge in [0.25, 0.3) is 0 Å². The van der Waals surface area contributed by atoms with Crippen molar-refractivity contribution < 1.29 is 34.0 Å². The molecule has 1 aromatic rings. The predicted octanol–water partition coefficient (Wildman–Crippen LogP) is 1.17. The van der Waals surface area contributed by atoms with Gasteiger partial charge in [-0.15, -0.1) is 0 Å². The molecule has 3 N–H and O–H groups in total. The van der Waals surface area contributed by atoms with E-state index < -0.39 is 34.6 Å². The summed E-state index contributed by atoms with van der Waals surface area (Å²) < 4.78 is 16.9. The lowest BCUT2D eigenvalue weighted by Gasteiger charge is -2.62. The normalized spacial score (nSPS) is 51.4. The summed E-state index contributed by atoms with van der Waals surface area (Å²) in [5.74, 6) is -1.08. The summed E-state index contributed by atoms with van der Waals surface area (Å²) in [6.45, 7) is 1.79. The fraction of sp³-hybridized carbons (Fsp3) is 0.750. The van der Waals surface area contributed by atoms with Gasteiger partial charge in [-0.2, -0.15) is 0 Å². The van der Waals surface area contributed by atoms with Gasteiger partial charge in [0.1, 0.15) is 6.10 Å². The number of hydrogen-bond donors (Lipinski definition) is 3. The number of cyclic esters (lactones) is 1. The molecule has 0 amide bonds. The zero-order chi connectivity index (χ0) is 19.0. The molecular formula is C20H26O7. The fourth-order valence-corrected chi connectivity index (χ4v) is 6.75. The summed E-state index contributed by atoms with van der Waals surface area (Å²) >= 11 is 0. The van der Waals surface area contributed by atoms with Crippen LogP contribution in [0.1, 0.15) is 44.3 Å². The third-order valence-electron chi connectivity index (χ3n) is 8.09. The van der Waals surface area contributed by atoms with Crippen molar-refractivity contribution in [2.24, 2.45) is 22.7 Å². The first-order chi connectivity index (χ1) is 12.9. The Hall–Kier alpha value is -1.41. The molecule has 7 heteroatoms. The fourth-order valence-electron chi connectivity index (χ4n) is 6.75. The van der Waals surface area contributed by atoms with Crippen molar-refractivity contribution in [2.45, 2.75) is 56.5 Å². The molecule has 2 saturated heterocycles. The maximum Gasteiger partial charge on any atom is 0.313 e. The van der Waals surface area contributed by atoms with Gasteiger partial charge in [-0.05, 0) is 31.2 Å². The van der Waals surface area contributed by atoms with Crippen LogP contribution in [0.4, 0.5) is 0 Å². The third kappa shape index (κ3) is 1.93. The molecule has 0 aromatic carbocycles. The summed E-state index contributed by atoms with van der Waals surface area (Å²) in [4.78, 5) is 13.3. The van der Waals surface area contributed by atoms with Gasteiger partial charge in [-0.1, -0.05) is 6.92 Å². The Morgan fingerprint density at radius 2 is 2.19 bits per heavy atom. The monoisotopic (exact) mass is 378 g/mol. The molecule has 2 saturated carbocycles. The number of aliphatic hydroxyl groups excluding tert-OH is 2. The van der Waals surface area contributed by atoms with Crippen LogP contribution in [0.3, 0.4) is 0 Å². The lowest BCUT2D eigenvalue weighted by atomic mass is 9.42. The van der Waals surface area contributed by atoms with Crippen LogP contribution in [0, 0.1) is 22.7 Å². The van der Waals surface area contributed by atoms with Crippen LogP contribution in [0.5, 0.6) is 0 Å². The van der Waals surface area contributed by atoms with E-state index in [0.717, 1.165) is 5.56 Å². The average molecular weight is 378 g/mol. The van der Waals surface area contributed by atoms with Gasteiger partial charge in [-0.3, -0.25) is 4.79 Å². The summed E-state index contributed by atoms with van der Waals surface area (Å²) in [7, 11) is 0. The second-order valence-electron chi connectivity index (χ2n) is 8.95. The summed E-state index contributed by atoms with van der Waals surface area (Å²) in [6.07, 6.45) is 3.15.